The molecule has 0 unspecified atom stereocenters. The molecule has 1 N–H and O–H groups in total. The molecule has 3 rings (SSSR count). The fraction of sp³-hybridized carbons (Fsp3) is 0.417. The molecule has 2 aromatic carbocycles. The van der Waals surface area contributed by atoms with Crippen LogP contribution in [0.25, 0.3) is 0 Å². The summed E-state index contributed by atoms with van der Waals surface area (Å²) in [6.45, 7) is 8.96. The third-order valence-corrected chi connectivity index (χ3v) is 5.44. The summed E-state index contributed by atoms with van der Waals surface area (Å²) in [5, 5.41) is 2.83. The first-order valence-corrected chi connectivity index (χ1v) is 10.4. The minimum atomic E-state index is -0.133. The van der Waals surface area contributed by atoms with E-state index >= 15 is 0 Å². The van der Waals surface area contributed by atoms with Gasteiger partial charge in [-0.1, -0.05) is 56.3 Å². The van der Waals surface area contributed by atoms with E-state index in [0.717, 1.165) is 32.7 Å². The van der Waals surface area contributed by atoms with E-state index in [-0.39, 0.29) is 11.8 Å². The second-order valence-corrected chi connectivity index (χ2v) is 7.93. The lowest BCUT2D eigenvalue weighted by Crippen LogP contribution is -2.48. The van der Waals surface area contributed by atoms with Crippen molar-refractivity contribution in [1.82, 2.24) is 15.1 Å². The molecular formula is C24H31N3O2. The minimum Gasteiger partial charge on any atom is -0.352 e. The minimum absolute atomic E-state index is 0.110. The molecule has 0 atom stereocenters. The Morgan fingerprint density at radius 2 is 1.59 bits per heavy atom. The van der Waals surface area contributed by atoms with Gasteiger partial charge < -0.3 is 10.2 Å². The smallest absolute Gasteiger partial charge is 0.251 e. The highest BCUT2D eigenvalue weighted by Crippen LogP contribution is 2.16. The molecule has 1 heterocycles. The Balaban J connectivity index is 1.37. The highest BCUT2D eigenvalue weighted by molar-refractivity contribution is 5.94. The molecule has 1 aliphatic rings. The zero-order chi connectivity index (χ0) is 20.6. The third-order valence-electron chi connectivity index (χ3n) is 5.44. The molecule has 1 saturated heterocycles. The molecule has 5 heteroatoms. The number of rotatable bonds is 7. The van der Waals surface area contributed by atoms with Gasteiger partial charge in [-0.2, -0.15) is 0 Å². The molecule has 1 fully saturated rings. The maximum absolute atomic E-state index is 12.4. The van der Waals surface area contributed by atoms with E-state index in [9.17, 15) is 9.59 Å². The van der Waals surface area contributed by atoms with Crippen molar-refractivity contribution in [3.8, 4) is 0 Å². The van der Waals surface area contributed by atoms with Crippen LogP contribution in [0, 0.1) is 0 Å². The average molecular weight is 394 g/mol. The molecule has 0 aliphatic carbocycles. The average Bonchev–Trinajstić information content (AvgIpc) is 2.75. The highest BCUT2D eigenvalue weighted by Gasteiger charge is 2.21. The van der Waals surface area contributed by atoms with Crippen molar-refractivity contribution in [2.24, 2.45) is 0 Å². The van der Waals surface area contributed by atoms with Gasteiger partial charge >= 0.3 is 0 Å². The topological polar surface area (TPSA) is 52.6 Å². The van der Waals surface area contributed by atoms with Gasteiger partial charge in [0.05, 0.1) is 0 Å². The summed E-state index contributed by atoms with van der Waals surface area (Å²) in [5.41, 5.74) is 3.30. The van der Waals surface area contributed by atoms with Crippen molar-refractivity contribution < 1.29 is 9.59 Å². The summed E-state index contributed by atoms with van der Waals surface area (Å²) < 4.78 is 0. The quantitative estimate of drug-likeness (QED) is 0.785. The number of carbonyl (C=O) groups is 2. The Bertz CT molecular complexity index is 795. The van der Waals surface area contributed by atoms with Crippen LogP contribution >= 0.6 is 0 Å². The molecular weight excluding hydrogens is 362 g/mol. The van der Waals surface area contributed by atoms with Crippen molar-refractivity contribution in [1.29, 1.82) is 0 Å². The number of hydrogen-bond acceptors (Lipinski definition) is 3. The lowest BCUT2D eigenvalue weighted by atomic mass is 10.0. The number of benzene rings is 2. The summed E-state index contributed by atoms with van der Waals surface area (Å²) in [4.78, 5) is 28.8. The first-order valence-electron chi connectivity index (χ1n) is 10.4. The summed E-state index contributed by atoms with van der Waals surface area (Å²) in [6, 6.07) is 17.9. The Morgan fingerprint density at radius 1 is 0.931 bits per heavy atom. The Hall–Kier alpha value is -2.66. The van der Waals surface area contributed by atoms with Crippen LogP contribution in [0.4, 0.5) is 0 Å². The fourth-order valence-corrected chi connectivity index (χ4v) is 3.55. The van der Waals surface area contributed by atoms with Gasteiger partial charge in [-0.15, -0.1) is 0 Å². The van der Waals surface area contributed by atoms with Gasteiger partial charge in [-0.3, -0.25) is 14.5 Å². The van der Waals surface area contributed by atoms with Crippen LogP contribution in [0.15, 0.2) is 54.6 Å². The van der Waals surface area contributed by atoms with Gasteiger partial charge in [0.15, 0.2) is 0 Å². The summed E-state index contributed by atoms with van der Waals surface area (Å²) >= 11 is 0. The summed E-state index contributed by atoms with van der Waals surface area (Å²) in [5.74, 6) is 0.530. The molecule has 154 valence electrons. The molecule has 2 aromatic rings. The van der Waals surface area contributed by atoms with Crippen molar-refractivity contribution in [2.45, 2.75) is 32.7 Å². The van der Waals surface area contributed by atoms with E-state index < -0.39 is 0 Å². The number of piperazine rings is 1. The SMILES string of the molecule is CC(C)c1ccc(CN2CCN(C(=O)CCNC(=O)c3ccccc3)CC2)cc1. The zero-order valence-corrected chi connectivity index (χ0v) is 17.4. The van der Waals surface area contributed by atoms with Gasteiger partial charge in [0.2, 0.25) is 5.91 Å². The normalized spacial score (nSPS) is 14.8. The van der Waals surface area contributed by atoms with Gasteiger partial charge in [0, 0.05) is 51.3 Å². The Labute approximate surface area is 173 Å². The Kier molecular flexibility index (Phi) is 7.42. The summed E-state index contributed by atoms with van der Waals surface area (Å²) in [7, 11) is 0. The number of carbonyl (C=O) groups excluding carboxylic acids is 2. The monoisotopic (exact) mass is 393 g/mol. The zero-order valence-electron chi connectivity index (χ0n) is 17.4. The van der Waals surface area contributed by atoms with E-state index in [2.05, 4.69) is 48.3 Å². The molecule has 1 aliphatic heterocycles. The second kappa shape index (κ2) is 10.2. The lowest BCUT2D eigenvalue weighted by molar-refractivity contribution is -0.132. The van der Waals surface area contributed by atoms with E-state index in [4.69, 9.17) is 0 Å². The maximum Gasteiger partial charge on any atom is 0.251 e. The van der Waals surface area contributed by atoms with E-state index in [1.165, 1.54) is 11.1 Å². The number of nitrogens with one attached hydrogen (secondary N) is 1. The van der Waals surface area contributed by atoms with Crippen LogP contribution in [0.2, 0.25) is 0 Å². The number of amides is 2. The van der Waals surface area contributed by atoms with Crippen LogP contribution in [-0.2, 0) is 11.3 Å². The van der Waals surface area contributed by atoms with E-state index in [1.807, 2.05) is 23.1 Å². The van der Waals surface area contributed by atoms with Gasteiger partial charge in [0.1, 0.15) is 0 Å². The fourth-order valence-electron chi connectivity index (χ4n) is 3.55. The summed E-state index contributed by atoms with van der Waals surface area (Å²) in [6.07, 6.45) is 0.342. The van der Waals surface area contributed by atoms with E-state index in [0.29, 0.717) is 24.4 Å². The first-order chi connectivity index (χ1) is 14.0. The maximum atomic E-state index is 12.4. The second-order valence-electron chi connectivity index (χ2n) is 7.93. The number of hydrogen-bond donors (Lipinski definition) is 1. The predicted molar refractivity (Wildman–Crippen MR) is 116 cm³/mol. The highest BCUT2D eigenvalue weighted by atomic mass is 16.2. The van der Waals surface area contributed by atoms with Gasteiger partial charge in [-0.05, 0) is 29.2 Å². The first kappa shape index (κ1) is 21.1. The van der Waals surface area contributed by atoms with Crippen LogP contribution < -0.4 is 5.32 Å². The molecule has 0 spiro atoms. The molecule has 0 aromatic heterocycles. The molecule has 29 heavy (non-hydrogen) atoms. The molecule has 5 nitrogen and oxygen atoms in total. The van der Waals surface area contributed by atoms with Gasteiger partial charge in [-0.25, -0.2) is 0 Å². The standard InChI is InChI=1S/C24H31N3O2/c1-19(2)21-10-8-20(9-11-21)18-26-14-16-27(17-15-26)23(28)12-13-25-24(29)22-6-4-3-5-7-22/h3-11,19H,12-18H2,1-2H3,(H,25,29). The lowest BCUT2D eigenvalue weighted by Gasteiger charge is -2.35. The molecule has 0 radical (unpaired) electrons. The molecule has 0 bridgehead atoms. The van der Waals surface area contributed by atoms with Crippen LogP contribution in [0.1, 0.15) is 47.7 Å². The van der Waals surface area contributed by atoms with Crippen LogP contribution in [0.5, 0.6) is 0 Å². The van der Waals surface area contributed by atoms with E-state index in [1.54, 1.807) is 12.1 Å². The van der Waals surface area contributed by atoms with Crippen LogP contribution in [0.3, 0.4) is 0 Å². The molecule has 2 amide bonds. The van der Waals surface area contributed by atoms with Crippen molar-refractivity contribution in [3.05, 3.63) is 71.3 Å². The third kappa shape index (κ3) is 6.16. The van der Waals surface area contributed by atoms with Crippen molar-refractivity contribution in [3.63, 3.8) is 0 Å². The largest absolute Gasteiger partial charge is 0.352 e. The van der Waals surface area contributed by atoms with Crippen LogP contribution in [-0.4, -0.2) is 54.3 Å². The number of nitrogens with zero attached hydrogens (tertiary/aromatic N) is 2. The predicted octanol–water partition coefficient (Wildman–Crippen LogP) is 3.27. The van der Waals surface area contributed by atoms with Crippen molar-refractivity contribution >= 4 is 11.8 Å². The van der Waals surface area contributed by atoms with Crippen molar-refractivity contribution in [2.75, 3.05) is 32.7 Å². The molecule has 0 saturated carbocycles. The Morgan fingerprint density at radius 3 is 2.21 bits per heavy atom. The van der Waals surface area contributed by atoms with Gasteiger partial charge in [0.25, 0.3) is 5.91 Å².